The van der Waals surface area contributed by atoms with Crippen molar-refractivity contribution in [3.63, 3.8) is 0 Å². The summed E-state index contributed by atoms with van der Waals surface area (Å²) in [5, 5.41) is 13.1. The summed E-state index contributed by atoms with van der Waals surface area (Å²) in [7, 11) is 0. The molecule has 0 radical (unpaired) electrons. The minimum absolute atomic E-state index is 0. The molecule has 0 aliphatic carbocycles. The Balaban J connectivity index is 0.00000168. The molecule has 0 bridgehead atoms. The summed E-state index contributed by atoms with van der Waals surface area (Å²) in [6, 6.07) is 5.78. The largest absolute Gasteiger partial charge is 0.300 e. The smallest absolute Gasteiger partial charge is 0.172 e. The van der Waals surface area contributed by atoms with Gasteiger partial charge in [-0.2, -0.15) is 5.10 Å². The van der Waals surface area contributed by atoms with Crippen LogP contribution in [0.15, 0.2) is 36.9 Å². The van der Waals surface area contributed by atoms with Gasteiger partial charge in [-0.1, -0.05) is 16.8 Å². The number of fused-ring (bicyclic) bond motifs is 5. The molecule has 0 spiro atoms. The summed E-state index contributed by atoms with van der Waals surface area (Å²) >= 11 is 6.25. The van der Waals surface area contributed by atoms with E-state index in [9.17, 15) is 0 Å². The Morgan fingerprint density at radius 1 is 1.27 bits per heavy atom. The monoisotopic (exact) mass is 388 g/mol. The van der Waals surface area contributed by atoms with Crippen LogP contribution in [-0.4, -0.2) is 39.3 Å². The van der Waals surface area contributed by atoms with Crippen molar-refractivity contribution in [1.29, 1.82) is 0 Å². The number of benzene rings is 1. The number of halogens is 2. The molecular weight excluding hydrogens is 375 g/mol. The first-order valence-electron chi connectivity index (χ1n) is 7.80. The van der Waals surface area contributed by atoms with E-state index >= 15 is 0 Å². The van der Waals surface area contributed by atoms with Gasteiger partial charge in [-0.25, -0.2) is 19.3 Å². The Bertz CT molecular complexity index is 1080. The van der Waals surface area contributed by atoms with E-state index in [1.807, 2.05) is 36.1 Å². The Morgan fingerprint density at radius 3 is 2.96 bits per heavy atom. The summed E-state index contributed by atoms with van der Waals surface area (Å²) in [5.74, 6) is 1.47. The Morgan fingerprint density at radius 2 is 2.15 bits per heavy atom. The Kier molecular flexibility index (Phi) is 4.01. The molecule has 0 saturated carbocycles. The van der Waals surface area contributed by atoms with Crippen LogP contribution in [0.1, 0.15) is 17.2 Å². The zero-order valence-corrected chi connectivity index (χ0v) is 15.3. The first-order chi connectivity index (χ1) is 12.2. The zero-order chi connectivity index (χ0) is 17.0. The lowest BCUT2D eigenvalue weighted by Gasteiger charge is -2.08. The van der Waals surface area contributed by atoms with Crippen molar-refractivity contribution in [2.45, 2.75) is 20.0 Å². The van der Waals surface area contributed by atoms with Crippen molar-refractivity contribution in [3.8, 4) is 17.1 Å². The molecule has 132 valence electrons. The van der Waals surface area contributed by atoms with Crippen LogP contribution < -0.4 is 0 Å². The van der Waals surface area contributed by atoms with Gasteiger partial charge in [0.1, 0.15) is 6.54 Å². The summed E-state index contributed by atoms with van der Waals surface area (Å²) in [6.45, 7) is 3.06. The maximum absolute atomic E-state index is 6.25. The summed E-state index contributed by atoms with van der Waals surface area (Å²) < 4.78 is 5.67. The minimum Gasteiger partial charge on any atom is -0.300 e. The van der Waals surface area contributed by atoms with Gasteiger partial charge < -0.3 is 4.57 Å². The van der Waals surface area contributed by atoms with E-state index in [1.165, 1.54) is 0 Å². The Labute approximate surface area is 159 Å². The lowest BCUT2D eigenvalue weighted by atomic mass is 10.1. The number of hydrogen-bond donors (Lipinski definition) is 0. The third kappa shape index (κ3) is 2.58. The molecular formula is C16H14Cl2N8. The summed E-state index contributed by atoms with van der Waals surface area (Å²) in [6.07, 6.45) is 5.26. The van der Waals surface area contributed by atoms with Crippen LogP contribution in [-0.2, 0) is 13.1 Å². The van der Waals surface area contributed by atoms with Crippen molar-refractivity contribution in [2.75, 3.05) is 0 Å². The third-order valence-electron chi connectivity index (χ3n) is 4.32. The number of imidazole rings is 1. The maximum Gasteiger partial charge on any atom is 0.172 e. The highest BCUT2D eigenvalue weighted by molar-refractivity contribution is 6.31. The highest BCUT2D eigenvalue weighted by atomic mass is 35.5. The molecule has 3 aromatic heterocycles. The van der Waals surface area contributed by atoms with E-state index < -0.39 is 0 Å². The molecule has 0 fully saturated rings. The predicted molar refractivity (Wildman–Crippen MR) is 97.8 cm³/mol. The van der Waals surface area contributed by atoms with Crippen LogP contribution in [0, 0.1) is 6.92 Å². The minimum atomic E-state index is 0. The second-order valence-corrected chi connectivity index (χ2v) is 6.35. The molecule has 1 aromatic carbocycles. The molecule has 26 heavy (non-hydrogen) atoms. The average molecular weight is 389 g/mol. The van der Waals surface area contributed by atoms with Crippen LogP contribution in [0.2, 0.25) is 5.02 Å². The van der Waals surface area contributed by atoms with E-state index in [2.05, 4.69) is 25.0 Å². The van der Waals surface area contributed by atoms with Crippen molar-refractivity contribution in [1.82, 2.24) is 39.3 Å². The normalized spacial score (nSPS) is 11.9. The first-order valence-corrected chi connectivity index (χ1v) is 8.18. The average Bonchev–Trinajstić information content (AvgIpc) is 3.30. The molecule has 0 saturated heterocycles. The molecule has 4 heterocycles. The van der Waals surface area contributed by atoms with Gasteiger partial charge in [-0.3, -0.25) is 0 Å². The molecule has 5 rings (SSSR count). The van der Waals surface area contributed by atoms with Crippen LogP contribution in [0.5, 0.6) is 0 Å². The fourth-order valence-electron chi connectivity index (χ4n) is 3.13. The number of nitrogens with zero attached hydrogens (tertiary/aromatic N) is 8. The fraction of sp³-hybridized carbons (Fsp3) is 0.188. The standard InChI is InChI=1S/C16H13ClN8.ClH/c1-10-14-7-25-16(20-15(21-25)8-23-5-4-19-22-23)12-6-11(17)2-3-13(12)24(14)9-18-10;/h2-6,9H,7-8H2,1H3;1H. The van der Waals surface area contributed by atoms with Gasteiger partial charge in [0.05, 0.1) is 36.1 Å². The molecule has 10 heteroatoms. The molecule has 0 atom stereocenters. The van der Waals surface area contributed by atoms with Crippen LogP contribution in [0.4, 0.5) is 0 Å². The third-order valence-corrected chi connectivity index (χ3v) is 4.56. The van der Waals surface area contributed by atoms with Crippen molar-refractivity contribution in [3.05, 3.63) is 59.2 Å². The van der Waals surface area contributed by atoms with Gasteiger partial charge >= 0.3 is 0 Å². The number of hydrogen-bond acceptors (Lipinski definition) is 5. The van der Waals surface area contributed by atoms with E-state index in [4.69, 9.17) is 16.6 Å². The molecule has 8 nitrogen and oxygen atoms in total. The van der Waals surface area contributed by atoms with Gasteiger partial charge in [0.15, 0.2) is 11.6 Å². The number of rotatable bonds is 2. The van der Waals surface area contributed by atoms with Gasteiger partial charge in [0.2, 0.25) is 0 Å². The first kappa shape index (κ1) is 16.7. The molecule has 1 aliphatic rings. The van der Waals surface area contributed by atoms with Crippen LogP contribution in [0.3, 0.4) is 0 Å². The highest BCUT2D eigenvalue weighted by Gasteiger charge is 2.24. The van der Waals surface area contributed by atoms with E-state index in [0.717, 1.165) is 28.5 Å². The van der Waals surface area contributed by atoms with Crippen molar-refractivity contribution in [2.24, 2.45) is 0 Å². The van der Waals surface area contributed by atoms with Crippen molar-refractivity contribution >= 4 is 24.0 Å². The zero-order valence-electron chi connectivity index (χ0n) is 13.7. The number of aromatic nitrogens is 8. The molecule has 0 N–H and O–H groups in total. The SMILES string of the molecule is Cc1ncn2c1Cn1nc(Cn3ccnn3)nc1-c1cc(Cl)ccc1-2.Cl. The summed E-state index contributed by atoms with van der Waals surface area (Å²) in [4.78, 5) is 9.18. The van der Waals surface area contributed by atoms with E-state index in [-0.39, 0.29) is 12.4 Å². The molecule has 0 amide bonds. The Hall–Kier alpha value is -2.71. The topological polar surface area (TPSA) is 79.2 Å². The van der Waals surface area contributed by atoms with Gasteiger partial charge in [0, 0.05) is 16.8 Å². The van der Waals surface area contributed by atoms with Crippen molar-refractivity contribution < 1.29 is 0 Å². The van der Waals surface area contributed by atoms with Crippen LogP contribution >= 0.6 is 24.0 Å². The maximum atomic E-state index is 6.25. The van der Waals surface area contributed by atoms with Gasteiger partial charge in [0.25, 0.3) is 0 Å². The molecule has 1 aliphatic heterocycles. The predicted octanol–water partition coefficient (Wildman–Crippen LogP) is 2.52. The highest BCUT2D eigenvalue weighted by Crippen LogP contribution is 2.33. The fourth-order valence-corrected chi connectivity index (χ4v) is 3.30. The second kappa shape index (κ2) is 6.22. The van der Waals surface area contributed by atoms with E-state index in [0.29, 0.717) is 23.9 Å². The second-order valence-electron chi connectivity index (χ2n) is 5.92. The van der Waals surface area contributed by atoms with Crippen LogP contribution in [0.25, 0.3) is 17.1 Å². The lowest BCUT2D eigenvalue weighted by molar-refractivity contribution is 0.604. The van der Waals surface area contributed by atoms with E-state index in [1.54, 1.807) is 17.1 Å². The van der Waals surface area contributed by atoms with Gasteiger partial charge in [-0.15, -0.1) is 17.5 Å². The quantitative estimate of drug-likeness (QED) is 0.464. The number of aryl methyl sites for hydroxylation is 1. The molecule has 4 aromatic rings. The van der Waals surface area contributed by atoms with Gasteiger partial charge in [-0.05, 0) is 25.1 Å². The molecule has 0 unspecified atom stereocenters. The lowest BCUT2D eigenvalue weighted by Crippen LogP contribution is -2.07. The summed E-state index contributed by atoms with van der Waals surface area (Å²) in [5.41, 5.74) is 3.99.